The highest BCUT2D eigenvalue weighted by atomic mass is 16.3. The highest BCUT2D eigenvalue weighted by Gasteiger charge is 2.32. The van der Waals surface area contributed by atoms with E-state index in [0.717, 1.165) is 18.4 Å². The molecular formula is C25H29N3O3. The number of carbonyl (C=O) groups excluding carboxylic acids is 2. The van der Waals surface area contributed by atoms with Crippen LogP contribution in [0.4, 0.5) is 0 Å². The number of carbonyl (C=O) groups is 2. The first-order valence-corrected chi connectivity index (χ1v) is 10.9. The van der Waals surface area contributed by atoms with Crippen molar-refractivity contribution in [3.05, 3.63) is 71.9 Å². The van der Waals surface area contributed by atoms with Gasteiger partial charge in [-0.05, 0) is 43.0 Å². The summed E-state index contributed by atoms with van der Waals surface area (Å²) >= 11 is 0. The van der Waals surface area contributed by atoms with Gasteiger partial charge in [-0.25, -0.2) is 0 Å². The molecule has 2 aromatic carbocycles. The number of aromatic nitrogens is 1. The SMILES string of the molecule is O=C(N[C@@H]1CN(C(=O)CCCc2c[nH]c3ccccc23)CC[C@@H]1CO)c1ccccc1. The summed E-state index contributed by atoms with van der Waals surface area (Å²) in [6.45, 7) is 1.06. The number of hydrogen-bond donors (Lipinski definition) is 3. The van der Waals surface area contributed by atoms with Crippen molar-refractivity contribution in [2.24, 2.45) is 5.92 Å². The Hall–Kier alpha value is -3.12. The van der Waals surface area contributed by atoms with Crippen molar-refractivity contribution in [2.75, 3.05) is 19.7 Å². The standard InChI is InChI=1S/C25H29N3O3/c29-17-20-13-14-28(16-23(20)27-25(31)18-7-2-1-3-8-18)24(30)12-6-9-19-15-26-22-11-5-4-10-21(19)22/h1-5,7-8,10-11,15,20,23,26,29H,6,9,12-14,16-17H2,(H,27,31)/t20-,23-/m1/s1. The first kappa shape index (κ1) is 21.1. The van der Waals surface area contributed by atoms with Gasteiger partial charge in [0.25, 0.3) is 5.91 Å². The van der Waals surface area contributed by atoms with E-state index in [1.54, 1.807) is 12.1 Å². The average Bonchev–Trinajstić information content (AvgIpc) is 3.22. The number of nitrogens with one attached hydrogen (secondary N) is 2. The highest BCUT2D eigenvalue weighted by molar-refractivity contribution is 5.94. The zero-order valence-corrected chi connectivity index (χ0v) is 17.6. The number of amides is 2. The van der Waals surface area contributed by atoms with E-state index in [1.165, 1.54) is 10.9 Å². The number of aryl methyl sites for hydroxylation is 1. The van der Waals surface area contributed by atoms with Crippen LogP contribution in [0.2, 0.25) is 0 Å². The smallest absolute Gasteiger partial charge is 0.251 e. The van der Waals surface area contributed by atoms with Gasteiger partial charge in [-0.3, -0.25) is 9.59 Å². The average molecular weight is 420 g/mol. The van der Waals surface area contributed by atoms with Gasteiger partial charge in [-0.2, -0.15) is 0 Å². The number of benzene rings is 2. The van der Waals surface area contributed by atoms with Crippen LogP contribution in [0.1, 0.15) is 35.2 Å². The number of H-pyrrole nitrogens is 1. The maximum atomic E-state index is 12.8. The van der Waals surface area contributed by atoms with Gasteiger partial charge in [0.1, 0.15) is 0 Å². The molecule has 0 radical (unpaired) electrons. The second-order valence-electron chi connectivity index (χ2n) is 8.23. The Labute approximate surface area is 182 Å². The maximum absolute atomic E-state index is 12.8. The van der Waals surface area contributed by atoms with E-state index in [4.69, 9.17) is 0 Å². The van der Waals surface area contributed by atoms with Gasteiger partial charge in [0, 0.05) is 54.7 Å². The second-order valence-corrected chi connectivity index (χ2v) is 8.23. The van der Waals surface area contributed by atoms with Gasteiger partial charge >= 0.3 is 0 Å². The summed E-state index contributed by atoms with van der Waals surface area (Å²) in [7, 11) is 0. The predicted molar refractivity (Wildman–Crippen MR) is 121 cm³/mol. The van der Waals surface area contributed by atoms with E-state index in [-0.39, 0.29) is 30.4 Å². The maximum Gasteiger partial charge on any atom is 0.251 e. The summed E-state index contributed by atoms with van der Waals surface area (Å²) in [5.74, 6) is -0.101. The molecule has 0 bridgehead atoms. The number of likely N-dealkylation sites (tertiary alicyclic amines) is 1. The minimum absolute atomic E-state index is 0.00231. The summed E-state index contributed by atoms with van der Waals surface area (Å²) in [5, 5.41) is 14.0. The van der Waals surface area contributed by atoms with Crippen molar-refractivity contribution in [1.82, 2.24) is 15.2 Å². The number of aliphatic hydroxyl groups excluding tert-OH is 1. The molecule has 0 spiro atoms. The Bertz CT molecular complexity index is 1030. The number of hydrogen-bond acceptors (Lipinski definition) is 3. The Balaban J connectivity index is 1.32. The quantitative estimate of drug-likeness (QED) is 0.550. The molecule has 2 atom stereocenters. The van der Waals surface area contributed by atoms with Crippen LogP contribution < -0.4 is 5.32 Å². The fourth-order valence-electron chi connectivity index (χ4n) is 4.38. The fraction of sp³-hybridized carbons (Fsp3) is 0.360. The molecular weight excluding hydrogens is 390 g/mol. The van der Waals surface area contributed by atoms with Crippen LogP contribution in [0, 0.1) is 5.92 Å². The lowest BCUT2D eigenvalue weighted by Crippen LogP contribution is -2.55. The fourth-order valence-corrected chi connectivity index (χ4v) is 4.38. The van der Waals surface area contributed by atoms with E-state index in [1.807, 2.05) is 41.4 Å². The molecule has 6 heteroatoms. The number of rotatable bonds is 7. The molecule has 3 N–H and O–H groups in total. The van der Waals surface area contributed by atoms with Crippen LogP contribution in [0.25, 0.3) is 10.9 Å². The monoisotopic (exact) mass is 419 g/mol. The molecule has 1 aliphatic heterocycles. The molecule has 1 saturated heterocycles. The number of para-hydroxylation sites is 1. The summed E-state index contributed by atoms with van der Waals surface area (Å²) in [4.78, 5) is 30.5. The molecule has 0 saturated carbocycles. The molecule has 0 unspecified atom stereocenters. The van der Waals surface area contributed by atoms with Crippen LogP contribution in [-0.2, 0) is 11.2 Å². The lowest BCUT2D eigenvalue weighted by atomic mass is 9.91. The Morgan fingerprint density at radius 1 is 1.10 bits per heavy atom. The number of piperidine rings is 1. The van der Waals surface area contributed by atoms with E-state index >= 15 is 0 Å². The van der Waals surface area contributed by atoms with Gasteiger partial charge in [0.2, 0.25) is 5.91 Å². The molecule has 6 nitrogen and oxygen atoms in total. The van der Waals surface area contributed by atoms with Crippen molar-refractivity contribution in [3.63, 3.8) is 0 Å². The number of fused-ring (bicyclic) bond motifs is 1. The predicted octanol–water partition coefficient (Wildman–Crippen LogP) is 3.13. The van der Waals surface area contributed by atoms with E-state index in [9.17, 15) is 14.7 Å². The van der Waals surface area contributed by atoms with E-state index in [0.29, 0.717) is 31.5 Å². The zero-order chi connectivity index (χ0) is 21.6. The topological polar surface area (TPSA) is 85.4 Å². The van der Waals surface area contributed by atoms with Crippen molar-refractivity contribution < 1.29 is 14.7 Å². The Morgan fingerprint density at radius 2 is 1.87 bits per heavy atom. The van der Waals surface area contributed by atoms with Crippen molar-refractivity contribution in [3.8, 4) is 0 Å². The minimum Gasteiger partial charge on any atom is -0.396 e. The largest absolute Gasteiger partial charge is 0.396 e. The third-order valence-corrected chi connectivity index (χ3v) is 6.21. The number of aromatic amines is 1. The second kappa shape index (κ2) is 9.79. The van der Waals surface area contributed by atoms with Gasteiger partial charge in [0.05, 0.1) is 6.04 Å². The Morgan fingerprint density at radius 3 is 2.68 bits per heavy atom. The molecule has 1 fully saturated rings. The molecule has 2 amide bonds. The lowest BCUT2D eigenvalue weighted by molar-refractivity contribution is -0.133. The van der Waals surface area contributed by atoms with E-state index in [2.05, 4.69) is 22.4 Å². The first-order valence-electron chi connectivity index (χ1n) is 10.9. The zero-order valence-electron chi connectivity index (χ0n) is 17.6. The Kier molecular flexibility index (Phi) is 6.67. The molecule has 3 aromatic rings. The highest BCUT2D eigenvalue weighted by Crippen LogP contribution is 2.22. The van der Waals surface area contributed by atoms with Crippen molar-refractivity contribution in [2.45, 2.75) is 31.7 Å². The van der Waals surface area contributed by atoms with Gasteiger partial charge in [-0.15, -0.1) is 0 Å². The molecule has 31 heavy (non-hydrogen) atoms. The van der Waals surface area contributed by atoms with Gasteiger partial charge < -0.3 is 20.3 Å². The summed E-state index contributed by atoms with van der Waals surface area (Å²) in [6, 6.07) is 17.0. The van der Waals surface area contributed by atoms with Crippen LogP contribution in [0.15, 0.2) is 60.8 Å². The van der Waals surface area contributed by atoms with Crippen molar-refractivity contribution >= 4 is 22.7 Å². The molecule has 162 valence electrons. The molecule has 1 aromatic heterocycles. The third-order valence-electron chi connectivity index (χ3n) is 6.21. The number of nitrogens with zero attached hydrogens (tertiary/aromatic N) is 1. The third kappa shape index (κ3) is 4.97. The summed E-state index contributed by atoms with van der Waals surface area (Å²) in [6.07, 6.45) is 4.81. The van der Waals surface area contributed by atoms with Crippen LogP contribution in [0.3, 0.4) is 0 Å². The molecule has 1 aliphatic rings. The molecule has 0 aliphatic carbocycles. The van der Waals surface area contributed by atoms with Gasteiger partial charge in [0.15, 0.2) is 0 Å². The van der Waals surface area contributed by atoms with Gasteiger partial charge in [-0.1, -0.05) is 36.4 Å². The summed E-state index contributed by atoms with van der Waals surface area (Å²) in [5.41, 5.74) is 2.93. The van der Waals surface area contributed by atoms with Crippen molar-refractivity contribution in [1.29, 1.82) is 0 Å². The normalized spacial score (nSPS) is 18.8. The minimum atomic E-state index is -0.246. The van der Waals surface area contributed by atoms with Crippen LogP contribution in [0.5, 0.6) is 0 Å². The lowest BCUT2D eigenvalue weighted by Gasteiger charge is -2.38. The number of aliphatic hydroxyl groups is 1. The molecule has 4 rings (SSSR count). The summed E-state index contributed by atoms with van der Waals surface area (Å²) < 4.78 is 0. The van der Waals surface area contributed by atoms with Crippen LogP contribution in [-0.4, -0.2) is 52.5 Å². The van der Waals surface area contributed by atoms with Crippen LogP contribution >= 0.6 is 0 Å². The van der Waals surface area contributed by atoms with E-state index < -0.39 is 0 Å². The first-order chi connectivity index (χ1) is 15.2. The molecule has 2 heterocycles.